The van der Waals surface area contributed by atoms with Crippen molar-refractivity contribution in [1.29, 1.82) is 0 Å². The molecule has 0 amide bonds. The van der Waals surface area contributed by atoms with Crippen LogP contribution in [-0.2, 0) is 11.2 Å². The number of hydrogen-bond donors (Lipinski definition) is 1. The van der Waals surface area contributed by atoms with E-state index in [2.05, 4.69) is 33.8 Å². The fourth-order valence-corrected chi connectivity index (χ4v) is 3.55. The van der Waals surface area contributed by atoms with E-state index in [1.54, 1.807) is 6.92 Å². The molecule has 0 bridgehead atoms. The highest BCUT2D eigenvalue weighted by Gasteiger charge is 2.18. The molecule has 0 unspecified atom stereocenters. The number of carbonyl (C=O) groups is 1. The zero-order chi connectivity index (χ0) is 18.6. The van der Waals surface area contributed by atoms with E-state index in [-0.39, 0.29) is 16.3 Å². The second-order valence-electron chi connectivity index (χ2n) is 5.33. The molecule has 2 aromatic rings. The number of anilines is 2. The van der Waals surface area contributed by atoms with Gasteiger partial charge in [0, 0.05) is 5.56 Å². The first kappa shape index (κ1) is 19.6. The van der Waals surface area contributed by atoms with Gasteiger partial charge < -0.3 is 4.74 Å². The Morgan fingerprint density at radius 3 is 2.48 bits per heavy atom. The summed E-state index contributed by atoms with van der Waals surface area (Å²) >= 11 is 13.6. The first-order valence-corrected chi connectivity index (χ1v) is 9.14. The minimum atomic E-state index is -0.440. The third-order valence-corrected chi connectivity index (χ3v) is 5.00. The van der Waals surface area contributed by atoms with Crippen molar-refractivity contribution in [3.8, 4) is 0 Å². The molecule has 0 saturated carbocycles. The summed E-state index contributed by atoms with van der Waals surface area (Å²) in [5.74, 6) is -0.227. The molecule has 0 aromatic carbocycles. The predicted molar refractivity (Wildman–Crippen MR) is 101 cm³/mol. The van der Waals surface area contributed by atoms with Gasteiger partial charge >= 0.3 is 5.97 Å². The van der Waals surface area contributed by atoms with Crippen molar-refractivity contribution < 1.29 is 9.53 Å². The van der Waals surface area contributed by atoms with Crippen LogP contribution in [0, 0.1) is 6.92 Å². The maximum Gasteiger partial charge on any atom is 0.350 e. The number of rotatable bonds is 7. The zero-order valence-electron chi connectivity index (χ0n) is 14.2. The Kier molecular flexibility index (Phi) is 6.75. The highest BCUT2D eigenvalue weighted by atomic mass is 35.5. The van der Waals surface area contributed by atoms with Crippen LogP contribution in [0.4, 0.5) is 11.1 Å². The Morgan fingerprint density at radius 2 is 1.92 bits per heavy atom. The number of allylic oxidation sites excluding steroid dienone is 1. The minimum Gasteiger partial charge on any atom is -0.465 e. The van der Waals surface area contributed by atoms with Gasteiger partial charge in [0.15, 0.2) is 5.13 Å². The van der Waals surface area contributed by atoms with Crippen LogP contribution in [0.5, 0.6) is 0 Å². The summed E-state index contributed by atoms with van der Waals surface area (Å²) in [6.45, 7) is 7.81. The molecule has 0 radical (unpaired) electrons. The fraction of sp³-hybridized carbons (Fsp3) is 0.375. The van der Waals surface area contributed by atoms with Crippen LogP contribution >= 0.6 is 34.5 Å². The minimum absolute atomic E-state index is 0.213. The average Bonchev–Trinajstić information content (AvgIpc) is 2.91. The number of ether oxygens (including phenoxy) is 1. The second-order valence-corrected chi connectivity index (χ2v) is 7.05. The van der Waals surface area contributed by atoms with E-state index in [1.165, 1.54) is 7.11 Å². The van der Waals surface area contributed by atoms with E-state index in [1.807, 2.05) is 0 Å². The molecule has 9 heteroatoms. The summed E-state index contributed by atoms with van der Waals surface area (Å²) in [5, 5.41) is 3.90. The largest absolute Gasteiger partial charge is 0.465 e. The molecule has 0 aliphatic carbocycles. The normalized spacial score (nSPS) is 10.6. The molecule has 1 N–H and O–H groups in total. The lowest BCUT2D eigenvalue weighted by atomic mass is 10.1. The van der Waals surface area contributed by atoms with E-state index in [4.69, 9.17) is 27.9 Å². The van der Waals surface area contributed by atoms with Gasteiger partial charge in [0.25, 0.3) is 0 Å². The third kappa shape index (κ3) is 4.90. The second kappa shape index (κ2) is 8.60. The molecule has 0 atom stereocenters. The Morgan fingerprint density at radius 1 is 1.28 bits per heavy atom. The number of aromatic nitrogens is 3. The zero-order valence-corrected chi connectivity index (χ0v) is 16.5. The number of hydrogen-bond acceptors (Lipinski definition) is 7. The highest BCUT2D eigenvalue weighted by Crippen LogP contribution is 2.29. The van der Waals surface area contributed by atoms with Gasteiger partial charge in [-0.2, -0.15) is 0 Å². The molecular formula is C16H18Cl2N4O2S. The lowest BCUT2D eigenvalue weighted by molar-refractivity contribution is 0.0605. The van der Waals surface area contributed by atoms with Crippen molar-refractivity contribution in [2.45, 2.75) is 33.1 Å². The molecule has 0 spiro atoms. The van der Waals surface area contributed by atoms with Crippen molar-refractivity contribution in [1.82, 2.24) is 15.0 Å². The number of aryl methyl sites for hydroxylation is 1. The standard InChI is InChI=1S/C16H18Cl2N4O2S/c1-5-6-8(2)7-10-12(17)20-15(21-13(10)18)22-16-19-9(3)11(25-16)14(23)24-4/h2,5-7H2,1,3-4H3,(H,19,20,21,22). The number of nitrogens with zero attached hydrogens (tertiary/aromatic N) is 3. The van der Waals surface area contributed by atoms with Crippen LogP contribution in [0.3, 0.4) is 0 Å². The van der Waals surface area contributed by atoms with E-state index in [9.17, 15) is 4.79 Å². The average molecular weight is 401 g/mol. The summed E-state index contributed by atoms with van der Waals surface area (Å²) in [4.78, 5) is 24.7. The van der Waals surface area contributed by atoms with E-state index in [0.29, 0.717) is 27.7 Å². The summed E-state index contributed by atoms with van der Waals surface area (Å²) in [7, 11) is 1.32. The number of thiazole rings is 1. The maximum atomic E-state index is 11.6. The quantitative estimate of drug-likeness (QED) is 0.401. The topological polar surface area (TPSA) is 77.0 Å². The van der Waals surface area contributed by atoms with Crippen LogP contribution in [-0.4, -0.2) is 28.0 Å². The number of esters is 1. The molecule has 0 aliphatic rings. The van der Waals surface area contributed by atoms with Gasteiger partial charge in [-0.05, 0) is 19.8 Å². The van der Waals surface area contributed by atoms with Crippen molar-refractivity contribution in [3.05, 3.63) is 38.6 Å². The first-order chi connectivity index (χ1) is 11.8. The molecule has 0 saturated heterocycles. The lowest BCUT2D eigenvalue weighted by Crippen LogP contribution is -2.02. The van der Waals surface area contributed by atoms with Crippen LogP contribution in [0.1, 0.15) is 40.7 Å². The van der Waals surface area contributed by atoms with Gasteiger partial charge in [-0.1, -0.05) is 60.0 Å². The first-order valence-electron chi connectivity index (χ1n) is 7.57. The Labute approximate surface area is 160 Å². The molecule has 2 aromatic heterocycles. The van der Waals surface area contributed by atoms with E-state index < -0.39 is 5.97 Å². The van der Waals surface area contributed by atoms with Gasteiger partial charge in [0.05, 0.1) is 12.8 Å². The van der Waals surface area contributed by atoms with Gasteiger partial charge in [0.2, 0.25) is 5.95 Å². The molecule has 2 rings (SSSR count). The van der Waals surface area contributed by atoms with Crippen LogP contribution in [0.2, 0.25) is 10.3 Å². The molecule has 25 heavy (non-hydrogen) atoms. The van der Waals surface area contributed by atoms with E-state index in [0.717, 1.165) is 29.8 Å². The smallest absolute Gasteiger partial charge is 0.350 e. The summed E-state index contributed by atoms with van der Waals surface area (Å²) in [6, 6.07) is 0. The molecule has 6 nitrogen and oxygen atoms in total. The summed E-state index contributed by atoms with van der Waals surface area (Å²) < 4.78 is 4.71. The van der Waals surface area contributed by atoms with Crippen LogP contribution in [0.15, 0.2) is 12.2 Å². The molecule has 0 fully saturated rings. The van der Waals surface area contributed by atoms with E-state index >= 15 is 0 Å². The molecule has 134 valence electrons. The monoisotopic (exact) mass is 400 g/mol. The number of carbonyl (C=O) groups excluding carboxylic acids is 1. The predicted octanol–water partition coefficient (Wildman–Crippen LogP) is 4.98. The third-order valence-electron chi connectivity index (χ3n) is 3.32. The lowest BCUT2D eigenvalue weighted by Gasteiger charge is -2.09. The Balaban J connectivity index is 2.21. The number of nitrogens with one attached hydrogen (secondary N) is 1. The van der Waals surface area contributed by atoms with Gasteiger partial charge in [0.1, 0.15) is 15.2 Å². The summed E-state index contributed by atoms with van der Waals surface area (Å²) in [5.41, 5.74) is 2.23. The van der Waals surface area contributed by atoms with Gasteiger partial charge in [-0.25, -0.2) is 19.7 Å². The van der Waals surface area contributed by atoms with Crippen molar-refractivity contribution in [2.75, 3.05) is 12.4 Å². The van der Waals surface area contributed by atoms with Gasteiger partial charge in [-0.3, -0.25) is 5.32 Å². The Bertz CT molecular complexity index is 784. The summed E-state index contributed by atoms with van der Waals surface area (Å²) in [6.07, 6.45) is 2.43. The number of methoxy groups -OCH3 is 1. The highest BCUT2D eigenvalue weighted by molar-refractivity contribution is 7.17. The Hall–Kier alpha value is -1.70. The van der Waals surface area contributed by atoms with Crippen LogP contribution in [0.25, 0.3) is 0 Å². The molecule has 2 heterocycles. The maximum absolute atomic E-state index is 11.6. The molecule has 0 aliphatic heterocycles. The molecular weight excluding hydrogens is 383 g/mol. The van der Waals surface area contributed by atoms with Gasteiger partial charge in [-0.15, -0.1) is 0 Å². The van der Waals surface area contributed by atoms with Crippen molar-refractivity contribution >= 4 is 51.6 Å². The van der Waals surface area contributed by atoms with Crippen molar-refractivity contribution in [3.63, 3.8) is 0 Å². The fourth-order valence-electron chi connectivity index (χ4n) is 2.15. The van der Waals surface area contributed by atoms with Crippen molar-refractivity contribution in [2.24, 2.45) is 0 Å². The number of halogens is 2. The van der Waals surface area contributed by atoms with Crippen LogP contribution < -0.4 is 5.32 Å². The SMILES string of the molecule is C=C(CCC)Cc1c(Cl)nc(Nc2nc(C)c(C(=O)OC)s2)nc1Cl.